The number of amides is 2. The maximum atomic E-state index is 12.8. The van der Waals surface area contributed by atoms with E-state index in [2.05, 4.69) is 12.2 Å². The number of carbonyl (C=O) groups is 2. The highest BCUT2D eigenvalue weighted by atomic mass is 16.5. The van der Waals surface area contributed by atoms with Gasteiger partial charge in [0.1, 0.15) is 5.75 Å². The van der Waals surface area contributed by atoms with Crippen LogP contribution < -0.4 is 10.1 Å². The normalized spacial score (nSPS) is 18.2. The van der Waals surface area contributed by atoms with Crippen molar-refractivity contribution < 1.29 is 14.3 Å². The average Bonchev–Trinajstić information content (AvgIpc) is 3.24. The lowest BCUT2D eigenvalue weighted by molar-refractivity contribution is -0.126. The smallest absolute Gasteiger partial charge is 0.253 e. The number of unbranched alkanes of at least 4 members (excludes halogenated alkanes) is 2. The van der Waals surface area contributed by atoms with Crippen LogP contribution in [-0.4, -0.2) is 42.5 Å². The number of hydrogen-bond acceptors (Lipinski definition) is 3. The van der Waals surface area contributed by atoms with Crippen molar-refractivity contribution in [3.63, 3.8) is 0 Å². The average molecular weight is 387 g/mol. The van der Waals surface area contributed by atoms with Crippen molar-refractivity contribution in [2.45, 2.75) is 70.8 Å². The van der Waals surface area contributed by atoms with Gasteiger partial charge in [-0.05, 0) is 69.2 Å². The lowest BCUT2D eigenvalue weighted by Gasteiger charge is -2.31. The maximum absolute atomic E-state index is 12.8. The molecule has 0 aromatic heterocycles. The molecular weight excluding hydrogens is 352 g/mol. The SMILES string of the molecule is CCCCCNC(=O)C1CCN(C(=O)c2ccc(OC3CCCC3)cc2)CC1. The van der Waals surface area contributed by atoms with E-state index in [0.29, 0.717) is 24.8 Å². The van der Waals surface area contributed by atoms with Gasteiger partial charge in [-0.3, -0.25) is 9.59 Å². The van der Waals surface area contributed by atoms with Crippen LogP contribution in [0.15, 0.2) is 24.3 Å². The van der Waals surface area contributed by atoms with Gasteiger partial charge in [-0.25, -0.2) is 0 Å². The van der Waals surface area contributed by atoms with Gasteiger partial charge in [-0.2, -0.15) is 0 Å². The molecule has 1 aromatic carbocycles. The summed E-state index contributed by atoms with van der Waals surface area (Å²) >= 11 is 0. The first-order valence-corrected chi connectivity index (χ1v) is 11.0. The number of carbonyl (C=O) groups excluding carboxylic acids is 2. The van der Waals surface area contributed by atoms with E-state index in [-0.39, 0.29) is 17.7 Å². The predicted molar refractivity (Wildman–Crippen MR) is 110 cm³/mol. The van der Waals surface area contributed by atoms with E-state index in [1.165, 1.54) is 12.8 Å². The fourth-order valence-corrected chi connectivity index (χ4v) is 4.13. The summed E-state index contributed by atoms with van der Waals surface area (Å²) in [6, 6.07) is 7.53. The first-order valence-electron chi connectivity index (χ1n) is 11.0. The predicted octanol–water partition coefficient (Wildman–Crippen LogP) is 4.17. The monoisotopic (exact) mass is 386 g/mol. The van der Waals surface area contributed by atoms with Gasteiger partial charge in [-0.1, -0.05) is 19.8 Å². The Kier molecular flexibility index (Phi) is 7.75. The molecule has 1 N–H and O–H groups in total. The quantitative estimate of drug-likeness (QED) is 0.682. The minimum absolute atomic E-state index is 0.0351. The van der Waals surface area contributed by atoms with Crippen LogP contribution >= 0.6 is 0 Å². The molecule has 1 heterocycles. The zero-order valence-electron chi connectivity index (χ0n) is 17.1. The van der Waals surface area contributed by atoms with Gasteiger partial charge in [0.05, 0.1) is 6.10 Å². The fraction of sp³-hybridized carbons (Fsp3) is 0.652. The Hall–Kier alpha value is -2.04. The molecule has 1 aliphatic heterocycles. The van der Waals surface area contributed by atoms with E-state index in [0.717, 1.165) is 57.2 Å². The molecule has 154 valence electrons. The van der Waals surface area contributed by atoms with E-state index < -0.39 is 0 Å². The Labute approximate surface area is 168 Å². The first kappa shape index (κ1) is 20.7. The second-order valence-electron chi connectivity index (χ2n) is 8.11. The number of benzene rings is 1. The topological polar surface area (TPSA) is 58.6 Å². The molecule has 1 saturated heterocycles. The molecule has 0 radical (unpaired) electrons. The summed E-state index contributed by atoms with van der Waals surface area (Å²) in [5, 5.41) is 3.04. The molecule has 2 aliphatic rings. The summed E-state index contributed by atoms with van der Waals surface area (Å²) in [5.74, 6) is 1.08. The Morgan fingerprint density at radius 3 is 2.36 bits per heavy atom. The highest BCUT2D eigenvalue weighted by Gasteiger charge is 2.27. The van der Waals surface area contributed by atoms with Crippen molar-refractivity contribution in [1.82, 2.24) is 10.2 Å². The van der Waals surface area contributed by atoms with Gasteiger partial charge in [-0.15, -0.1) is 0 Å². The van der Waals surface area contributed by atoms with Crippen molar-refractivity contribution in [2.75, 3.05) is 19.6 Å². The summed E-state index contributed by atoms with van der Waals surface area (Å²) in [6.45, 7) is 4.21. The molecule has 0 atom stereocenters. The molecule has 1 aromatic rings. The van der Waals surface area contributed by atoms with Crippen LogP contribution in [0.5, 0.6) is 5.75 Å². The van der Waals surface area contributed by atoms with Crippen molar-refractivity contribution in [2.24, 2.45) is 5.92 Å². The van der Waals surface area contributed by atoms with E-state index in [4.69, 9.17) is 4.74 Å². The molecule has 0 unspecified atom stereocenters. The summed E-state index contributed by atoms with van der Waals surface area (Å²) < 4.78 is 5.97. The van der Waals surface area contributed by atoms with Crippen molar-refractivity contribution in [1.29, 1.82) is 0 Å². The van der Waals surface area contributed by atoms with Crippen LogP contribution in [0.3, 0.4) is 0 Å². The number of piperidine rings is 1. The van der Waals surface area contributed by atoms with E-state index in [1.54, 1.807) is 0 Å². The number of rotatable bonds is 8. The third-order valence-electron chi connectivity index (χ3n) is 5.94. The summed E-state index contributed by atoms with van der Waals surface area (Å²) in [5.41, 5.74) is 0.696. The molecule has 28 heavy (non-hydrogen) atoms. The van der Waals surface area contributed by atoms with Gasteiger partial charge in [0.25, 0.3) is 5.91 Å². The molecule has 5 nitrogen and oxygen atoms in total. The van der Waals surface area contributed by atoms with Crippen molar-refractivity contribution in [3.8, 4) is 5.75 Å². The largest absolute Gasteiger partial charge is 0.490 e. The fourth-order valence-electron chi connectivity index (χ4n) is 4.13. The Morgan fingerprint density at radius 2 is 1.71 bits per heavy atom. The minimum Gasteiger partial charge on any atom is -0.490 e. The van der Waals surface area contributed by atoms with E-state index in [1.807, 2.05) is 29.2 Å². The lowest BCUT2D eigenvalue weighted by atomic mass is 9.95. The highest BCUT2D eigenvalue weighted by molar-refractivity contribution is 5.94. The molecule has 5 heteroatoms. The van der Waals surface area contributed by atoms with Crippen LogP contribution in [0.2, 0.25) is 0 Å². The summed E-state index contributed by atoms with van der Waals surface area (Å²) in [6.07, 6.45) is 9.91. The van der Waals surface area contributed by atoms with Crippen LogP contribution in [0, 0.1) is 5.92 Å². The molecule has 2 fully saturated rings. The zero-order chi connectivity index (χ0) is 19.8. The van der Waals surface area contributed by atoms with Crippen molar-refractivity contribution in [3.05, 3.63) is 29.8 Å². The third-order valence-corrected chi connectivity index (χ3v) is 5.94. The van der Waals surface area contributed by atoms with Gasteiger partial charge in [0.2, 0.25) is 5.91 Å². The third kappa shape index (κ3) is 5.73. The van der Waals surface area contributed by atoms with Crippen LogP contribution in [0.4, 0.5) is 0 Å². The van der Waals surface area contributed by atoms with Crippen LogP contribution in [0.25, 0.3) is 0 Å². The van der Waals surface area contributed by atoms with Gasteiger partial charge in [0, 0.05) is 31.1 Å². The van der Waals surface area contributed by atoms with Gasteiger partial charge >= 0.3 is 0 Å². The molecule has 0 spiro atoms. The number of nitrogens with one attached hydrogen (secondary N) is 1. The number of likely N-dealkylation sites (tertiary alicyclic amines) is 1. The van der Waals surface area contributed by atoms with Crippen molar-refractivity contribution >= 4 is 11.8 Å². The molecule has 2 amide bonds. The summed E-state index contributed by atoms with van der Waals surface area (Å²) in [4.78, 5) is 26.9. The van der Waals surface area contributed by atoms with Gasteiger partial charge < -0.3 is 15.0 Å². The second kappa shape index (κ2) is 10.5. The zero-order valence-corrected chi connectivity index (χ0v) is 17.1. The van der Waals surface area contributed by atoms with Crippen LogP contribution in [0.1, 0.15) is 75.1 Å². The van der Waals surface area contributed by atoms with Gasteiger partial charge in [0.15, 0.2) is 0 Å². The molecule has 3 rings (SSSR count). The maximum Gasteiger partial charge on any atom is 0.253 e. The number of ether oxygens (including phenoxy) is 1. The molecule has 1 saturated carbocycles. The lowest BCUT2D eigenvalue weighted by Crippen LogP contribution is -2.43. The molecule has 0 bridgehead atoms. The Morgan fingerprint density at radius 1 is 1.04 bits per heavy atom. The highest BCUT2D eigenvalue weighted by Crippen LogP contribution is 2.25. The second-order valence-corrected chi connectivity index (χ2v) is 8.11. The Balaban J connectivity index is 1.43. The standard InChI is InChI=1S/C23H34N2O3/c1-2-3-6-15-24-22(26)18-13-16-25(17-14-18)23(27)19-9-11-21(12-10-19)28-20-7-4-5-8-20/h9-12,18,20H,2-8,13-17H2,1H3,(H,24,26). The van der Waals surface area contributed by atoms with E-state index in [9.17, 15) is 9.59 Å². The molecule has 1 aliphatic carbocycles. The first-order chi connectivity index (χ1) is 13.7. The number of hydrogen-bond donors (Lipinski definition) is 1. The number of nitrogens with zero attached hydrogens (tertiary/aromatic N) is 1. The minimum atomic E-state index is 0.0351. The Bertz CT molecular complexity index is 630. The van der Waals surface area contributed by atoms with E-state index >= 15 is 0 Å². The van der Waals surface area contributed by atoms with Crippen LogP contribution in [-0.2, 0) is 4.79 Å². The molecular formula is C23H34N2O3. The summed E-state index contributed by atoms with van der Waals surface area (Å²) in [7, 11) is 0.